The van der Waals surface area contributed by atoms with E-state index in [9.17, 15) is 18.0 Å². The van der Waals surface area contributed by atoms with Gasteiger partial charge in [-0.3, -0.25) is 14.7 Å². The van der Waals surface area contributed by atoms with Crippen molar-refractivity contribution in [1.29, 1.82) is 0 Å². The molecule has 0 bridgehead atoms. The van der Waals surface area contributed by atoms with Gasteiger partial charge in [0.1, 0.15) is 23.1 Å². The molecule has 1 N–H and O–H groups in total. The molecule has 6 nitrogen and oxygen atoms in total. The van der Waals surface area contributed by atoms with Gasteiger partial charge in [-0.2, -0.15) is 0 Å². The van der Waals surface area contributed by atoms with Gasteiger partial charge in [0.15, 0.2) is 0 Å². The number of amides is 1. The van der Waals surface area contributed by atoms with Crippen molar-refractivity contribution in [1.82, 2.24) is 14.9 Å². The van der Waals surface area contributed by atoms with Crippen LogP contribution < -0.4 is 10.1 Å². The minimum absolute atomic E-state index is 0.0590. The first-order chi connectivity index (χ1) is 15.8. The molecule has 3 heterocycles. The lowest BCUT2D eigenvalue weighted by Gasteiger charge is -2.40. The summed E-state index contributed by atoms with van der Waals surface area (Å²) in [6, 6.07) is 11.3. The first-order valence-electron chi connectivity index (χ1n) is 10.5. The van der Waals surface area contributed by atoms with Crippen LogP contribution in [-0.2, 0) is 4.79 Å². The Balaban J connectivity index is 1.37. The summed E-state index contributed by atoms with van der Waals surface area (Å²) >= 11 is 0. The maximum Gasteiger partial charge on any atom is 0.257 e. The van der Waals surface area contributed by atoms with Gasteiger partial charge in [0.25, 0.3) is 5.92 Å². The average Bonchev–Trinajstić information content (AvgIpc) is 2.82. The number of benzene rings is 1. The monoisotopic (exact) mass is 456 g/mol. The number of carbonyl (C=O) groups excluding carboxylic acids is 1. The van der Waals surface area contributed by atoms with E-state index in [4.69, 9.17) is 4.74 Å². The number of alkyl halides is 2. The van der Waals surface area contributed by atoms with Crippen LogP contribution in [0.15, 0.2) is 67.1 Å². The van der Waals surface area contributed by atoms with Crippen molar-refractivity contribution < 1.29 is 22.7 Å². The number of likely N-dealkylation sites (tertiary alicyclic amines) is 1. The van der Waals surface area contributed by atoms with Gasteiger partial charge >= 0.3 is 0 Å². The Morgan fingerprint density at radius 1 is 1.12 bits per heavy atom. The van der Waals surface area contributed by atoms with Crippen LogP contribution in [0, 0.1) is 5.82 Å². The molecule has 1 aliphatic heterocycles. The van der Waals surface area contributed by atoms with Gasteiger partial charge in [0, 0.05) is 31.9 Å². The van der Waals surface area contributed by atoms with E-state index in [2.05, 4.69) is 15.3 Å². The van der Waals surface area contributed by atoms with Crippen molar-refractivity contribution in [3.63, 3.8) is 0 Å². The van der Waals surface area contributed by atoms with E-state index in [1.54, 1.807) is 36.1 Å². The number of anilines is 1. The van der Waals surface area contributed by atoms with E-state index in [0.717, 1.165) is 0 Å². The van der Waals surface area contributed by atoms with Crippen LogP contribution in [-0.4, -0.2) is 45.8 Å². The van der Waals surface area contributed by atoms with Crippen LogP contribution in [0.1, 0.15) is 24.8 Å². The highest BCUT2D eigenvalue weighted by molar-refractivity contribution is 5.93. The Bertz CT molecular complexity index is 1080. The largest absolute Gasteiger partial charge is 0.456 e. The number of carbonyl (C=O) groups is 1. The number of nitrogens with zero attached hydrogens (tertiary/aromatic N) is 3. The van der Waals surface area contributed by atoms with Gasteiger partial charge < -0.3 is 10.1 Å². The molecule has 0 spiro atoms. The smallest absolute Gasteiger partial charge is 0.257 e. The number of aromatic nitrogens is 2. The Hall–Kier alpha value is -3.46. The van der Waals surface area contributed by atoms with Crippen LogP contribution in [0.5, 0.6) is 11.5 Å². The third-order valence-corrected chi connectivity index (χ3v) is 5.73. The topological polar surface area (TPSA) is 67.3 Å². The Kier molecular flexibility index (Phi) is 6.60. The van der Waals surface area contributed by atoms with E-state index in [0.29, 0.717) is 22.9 Å². The van der Waals surface area contributed by atoms with Gasteiger partial charge in [0.05, 0.1) is 18.2 Å². The number of piperidine rings is 1. The summed E-state index contributed by atoms with van der Waals surface area (Å²) in [6.45, 7) is 1.86. The molecule has 2 aromatic heterocycles. The van der Waals surface area contributed by atoms with Crippen LogP contribution in [0.2, 0.25) is 0 Å². The zero-order valence-corrected chi connectivity index (χ0v) is 17.9. The summed E-state index contributed by atoms with van der Waals surface area (Å²) in [5.41, 5.74) is 0.505. The van der Waals surface area contributed by atoms with Gasteiger partial charge in [0.2, 0.25) is 5.91 Å². The summed E-state index contributed by atoms with van der Waals surface area (Å²) in [5, 5.41) is 2.72. The van der Waals surface area contributed by atoms with Crippen molar-refractivity contribution in [2.45, 2.75) is 31.2 Å². The van der Waals surface area contributed by atoms with Crippen molar-refractivity contribution in [3.8, 4) is 11.5 Å². The molecule has 172 valence electrons. The second kappa shape index (κ2) is 9.58. The van der Waals surface area contributed by atoms with Crippen molar-refractivity contribution in [2.24, 2.45) is 0 Å². The lowest BCUT2D eigenvalue weighted by molar-refractivity contribution is -0.125. The van der Waals surface area contributed by atoms with Crippen LogP contribution in [0.4, 0.5) is 19.0 Å². The Labute approximate surface area is 189 Å². The predicted octanol–water partition coefficient (Wildman–Crippen LogP) is 4.86. The zero-order chi connectivity index (χ0) is 23.4. The molecule has 0 radical (unpaired) electrons. The third-order valence-electron chi connectivity index (χ3n) is 5.73. The highest BCUT2D eigenvalue weighted by Gasteiger charge is 2.46. The van der Waals surface area contributed by atoms with E-state index in [1.165, 1.54) is 42.9 Å². The van der Waals surface area contributed by atoms with Crippen molar-refractivity contribution >= 4 is 11.7 Å². The van der Waals surface area contributed by atoms with Crippen molar-refractivity contribution in [2.75, 3.05) is 18.4 Å². The number of hydrogen-bond acceptors (Lipinski definition) is 5. The van der Waals surface area contributed by atoms with E-state index in [1.807, 2.05) is 0 Å². The maximum atomic E-state index is 14.6. The fourth-order valence-corrected chi connectivity index (χ4v) is 3.77. The quantitative estimate of drug-likeness (QED) is 0.574. The average molecular weight is 456 g/mol. The lowest BCUT2D eigenvalue weighted by atomic mass is 9.87. The molecule has 1 aromatic carbocycles. The lowest BCUT2D eigenvalue weighted by Crippen LogP contribution is -2.52. The highest BCUT2D eigenvalue weighted by atomic mass is 19.3. The molecule has 33 heavy (non-hydrogen) atoms. The molecule has 4 rings (SSSR count). The molecule has 1 unspecified atom stereocenters. The number of halogens is 3. The third kappa shape index (κ3) is 5.48. The van der Waals surface area contributed by atoms with Gasteiger partial charge in [-0.25, -0.2) is 18.2 Å². The second-order valence-electron chi connectivity index (χ2n) is 7.94. The number of pyridine rings is 2. The fraction of sp³-hybridized carbons (Fsp3) is 0.292. The minimum atomic E-state index is -2.85. The molecule has 2 atom stereocenters. The highest BCUT2D eigenvalue weighted by Crippen LogP contribution is 2.40. The summed E-state index contributed by atoms with van der Waals surface area (Å²) in [5.74, 6) is -3.38. The van der Waals surface area contributed by atoms with E-state index in [-0.39, 0.29) is 31.2 Å². The molecular formula is C24H23F3N4O2. The number of ether oxygens (including phenoxy) is 1. The van der Waals surface area contributed by atoms with Crippen molar-refractivity contribution in [3.05, 3.63) is 78.5 Å². The first-order valence-corrected chi connectivity index (χ1v) is 10.5. The summed E-state index contributed by atoms with van der Waals surface area (Å²) in [4.78, 5) is 22.6. The molecule has 3 aromatic rings. The Morgan fingerprint density at radius 2 is 1.82 bits per heavy atom. The summed E-state index contributed by atoms with van der Waals surface area (Å²) < 4.78 is 47.7. The van der Waals surface area contributed by atoms with E-state index >= 15 is 0 Å². The number of hydrogen-bond donors (Lipinski definition) is 1. The maximum absolute atomic E-state index is 14.6. The van der Waals surface area contributed by atoms with Gasteiger partial charge in [-0.05, 0) is 61.0 Å². The predicted molar refractivity (Wildman–Crippen MR) is 117 cm³/mol. The molecule has 1 fully saturated rings. The molecule has 1 amide bonds. The van der Waals surface area contributed by atoms with Crippen LogP contribution in [0.3, 0.4) is 0 Å². The normalized spacial score (nSPS) is 19.0. The molecule has 1 saturated heterocycles. The first kappa shape index (κ1) is 22.7. The molecule has 0 saturated carbocycles. The number of rotatable bonds is 6. The summed E-state index contributed by atoms with van der Waals surface area (Å²) in [6.07, 6.45) is 4.10. The second-order valence-corrected chi connectivity index (χ2v) is 7.94. The van der Waals surface area contributed by atoms with Crippen LogP contribution in [0.25, 0.3) is 0 Å². The molecule has 0 aliphatic carbocycles. The zero-order valence-electron chi connectivity index (χ0n) is 17.9. The Morgan fingerprint density at radius 3 is 2.48 bits per heavy atom. The standard InChI is InChI=1S/C24H23F3N4O2/c1-16(31-13-10-24(26,27)21(15-31)17-8-11-28-12-9-17)23(32)30-22-7-6-20(14-29-22)33-19-4-2-18(25)3-5-19/h2-9,11-12,14,16,21H,10,13,15H2,1H3,(H,29,30,32)/t16?,21-/m1/s1. The molecular weight excluding hydrogens is 433 g/mol. The number of nitrogens with one attached hydrogen (secondary N) is 1. The van der Waals surface area contributed by atoms with Gasteiger partial charge in [-0.1, -0.05) is 0 Å². The molecule has 1 aliphatic rings. The van der Waals surface area contributed by atoms with Crippen LogP contribution >= 0.6 is 0 Å². The van der Waals surface area contributed by atoms with E-state index < -0.39 is 17.9 Å². The summed E-state index contributed by atoms with van der Waals surface area (Å²) in [7, 11) is 0. The SMILES string of the molecule is CC(C(=O)Nc1ccc(Oc2ccc(F)cc2)cn1)N1CCC(F)(F)[C@@H](c2ccncc2)C1. The van der Waals surface area contributed by atoms with Gasteiger partial charge in [-0.15, -0.1) is 0 Å². The fourth-order valence-electron chi connectivity index (χ4n) is 3.77. The molecule has 9 heteroatoms. The minimum Gasteiger partial charge on any atom is -0.456 e.